The van der Waals surface area contributed by atoms with Crippen molar-refractivity contribution in [2.45, 2.75) is 6.42 Å². The average Bonchev–Trinajstić information content (AvgIpc) is 2.30. The number of allylic oxidation sites excluding steroid dienone is 4. The van der Waals surface area contributed by atoms with Crippen LogP contribution in [0.2, 0.25) is 0 Å². The Labute approximate surface area is 65.2 Å². The Kier molecular flexibility index (Phi) is 2.63. The molecule has 0 saturated carbocycles. The van der Waals surface area contributed by atoms with Gasteiger partial charge in [0.25, 0.3) is 5.91 Å². The summed E-state index contributed by atoms with van der Waals surface area (Å²) >= 11 is 0. The molecule has 0 aliphatic heterocycles. The van der Waals surface area contributed by atoms with E-state index in [4.69, 9.17) is 5.84 Å². The molecule has 0 saturated heterocycles. The van der Waals surface area contributed by atoms with Gasteiger partial charge in [-0.05, 0) is 12.5 Å². The van der Waals surface area contributed by atoms with Crippen LogP contribution >= 0.6 is 0 Å². The standard InChI is InChI=1S/C8H10N2O/c9-10-8(11)7-5-3-1-2-4-6-7/h1-3,5-6H,4,9H2,(H,10,11). The number of hydrogen-bond donors (Lipinski definition) is 2. The molecule has 1 rings (SSSR count). The molecule has 0 aromatic rings. The summed E-state index contributed by atoms with van der Waals surface area (Å²) in [6, 6.07) is 0. The SMILES string of the molecule is NNC(=O)C1=CCC=CC=C1. The summed E-state index contributed by atoms with van der Waals surface area (Å²) < 4.78 is 0. The van der Waals surface area contributed by atoms with Gasteiger partial charge in [-0.25, -0.2) is 5.84 Å². The number of rotatable bonds is 1. The first-order chi connectivity index (χ1) is 5.34. The van der Waals surface area contributed by atoms with Gasteiger partial charge in [0.2, 0.25) is 0 Å². The number of amides is 1. The van der Waals surface area contributed by atoms with Crippen molar-refractivity contribution in [3.8, 4) is 0 Å². The van der Waals surface area contributed by atoms with Crippen LogP contribution in [-0.2, 0) is 4.79 Å². The summed E-state index contributed by atoms with van der Waals surface area (Å²) in [7, 11) is 0. The van der Waals surface area contributed by atoms with Gasteiger partial charge in [-0.1, -0.05) is 24.3 Å². The largest absolute Gasteiger partial charge is 0.290 e. The lowest BCUT2D eigenvalue weighted by Gasteiger charge is -1.97. The molecule has 1 amide bonds. The molecule has 58 valence electrons. The van der Waals surface area contributed by atoms with Crippen LogP contribution in [-0.4, -0.2) is 5.91 Å². The summed E-state index contributed by atoms with van der Waals surface area (Å²) in [5.74, 6) is 4.71. The zero-order valence-corrected chi connectivity index (χ0v) is 6.08. The third-order valence-corrected chi connectivity index (χ3v) is 1.39. The molecule has 0 bridgehead atoms. The van der Waals surface area contributed by atoms with E-state index in [0.717, 1.165) is 6.42 Å². The third-order valence-electron chi connectivity index (χ3n) is 1.39. The van der Waals surface area contributed by atoms with Crippen molar-refractivity contribution in [1.82, 2.24) is 5.43 Å². The molecule has 11 heavy (non-hydrogen) atoms. The van der Waals surface area contributed by atoms with Crippen LogP contribution in [0.25, 0.3) is 0 Å². The van der Waals surface area contributed by atoms with Gasteiger partial charge in [-0.3, -0.25) is 10.2 Å². The van der Waals surface area contributed by atoms with E-state index < -0.39 is 0 Å². The molecule has 0 atom stereocenters. The zero-order valence-electron chi connectivity index (χ0n) is 6.08. The molecule has 3 nitrogen and oxygen atoms in total. The fourth-order valence-electron chi connectivity index (χ4n) is 0.831. The molecule has 1 aliphatic rings. The van der Waals surface area contributed by atoms with Gasteiger partial charge in [-0.15, -0.1) is 0 Å². The van der Waals surface area contributed by atoms with E-state index in [0.29, 0.717) is 5.57 Å². The summed E-state index contributed by atoms with van der Waals surface area (Å²) in [6.45, 7) is 0. The molecular formula is C8H10N2O. The first kappa shape index (κ1) is 7.75. The maximum Gasteiger partial charge on any atom is 0.264 e. The van der Waals surface area contributed by atoms with E-state index in [1.807, 2.05) is 24.3 Å². The zero-order chi connectivity index (χ0) is 8.10. The number of carbonyl (C=O) groups excluding carboxylic acids is 1. The minimum atomic E-state index is -0.245. The van der Waals surface area contributed by atoms with E-state index in [2.05, 4.69) is 5.43 Å². The van der Waals surface area contributed by atoms with Crippen molar-refractivity contribution in [2.24, 2.45) is 5.84 Å². The second kappa shape index (κ2) is 3.73. The van der Waals surface area contributed by atoms with Crippen LogP contribution in [0.4, 0.5) is 0 Å². The summed E-state index contributed by atoms with van der Waals surface area (Å²) in [4.78, 5) is 10.9. The minimum Gasteiger partial charge on any atom is -0.290 e. The Bertz CT molecular complexity index is 238. The number of nitrogens with one attached hydrogen (secondary N) is 1. The highest BCUT2D eigenvalue weighted by Crippen LogP contribution is 2.03. The van der Waals surface area contributed by atoms with Crippen molar-refractivity contribution in [3.05, 3.63) is 36.0 Å². The van der Waals surface area contributed by atoms with E-state index >= 15 is 0 Å². The van der Waals surface area contributed by atoms with E-state index in [1.54, 1.807) is 6.08 Å². The van der Waals surface area contributed by atoms with Crippen molar-refractivity contribution < 1.29 is 4.79 Å². The highest BCUT2D eigenvalue weighted by atomic mass is 16.2. The van der Waals surface area contributed by atoms with E-state index in [9.17, 15) is 4.79 Å². The van der Waals surface area contributed by atoms with Gasteiger partial charge in [0.15, 0.2) is 0 Å². The fraction of sp³-hybridized carbons (Fsp3) is 0.125. The lowest BCUT2D eigenvalue weighted by atomic mass is 10.2. The molecular weight excluding hydrogens is 140 g/mol. The molecule has 0 radical (unpaired) electrons. The Balaban J connectivity index is 2.72. The predicted molar refractivity (Wildman–Crippen MR) is 43.3 cm³/mol. The Hall–Kier alpha value is -1.35. The quantitative estimate of drug-likeness (QED) is 0.323. The molecule has 3 heteroatoms. The van der Waals surface area contributed by atoms with E-state index in [-0.39, 0.29) is 5.91 Å². The number of hydrazine groups is 1. The molecule has 1 aliphatic carbocycles. The average molecular weight is 150 g/mol. The van der Waals surface area contributed by atoms with Crippen LogP contribution in [0.1, 0.15) is 6.42 Å². The second-order valence-electron chi connectivity index (χ2n) is 2.16. The topological polar surface area (TPSA) is 55.1 Å². The maximum atomic E-state index is 10.9. The van der Waals surface area contributed by atoms with Gasteiger partial charge in [0, 0.05) is 5.57 Å². The number of carbonyl (C=O) groups is 1. The summed E-state index contributed by atoms with van der Waals surface area (Å²) in [6.07, 6.45) is 10.00. The van der Waals surface area contributed by atoms with Crippen LogP contribution < -0.4 is 11.3 Å². The maximum absolute atomic E-state index is 10.9. The van der Waals surface area contributed by atoms with Gasteiger partial charge in [-0.2, -0.15) is 0 Å². The number of hydrogen-bond acceptors (Lipinski definition) is 2. The van der Waals surface area contributed by atoms with Crippen LogP contribution in [0, 0.1) is 0 Å². The predicted octanol–water partition coefficient (Wildman–Crippen LogP) is 0.419. The molecule has 0 spiro atoms. The van der Waals surface area contributed by atoms with Crippen molar-refractivity contribution in [2.75, 3.05) is 0 Å². The van der Waals surface area contributed by atoms with Gasteiger partial charge < -0.3 is 0 Å². The highest BCUT2D eigenvalue weighted by Gasteiger charge is 2.02. The lowest BCUT2D eigenvalue weighted by molar-refractivity contribution is -0.117. The third kappa shape index (κ3) is 2.05. The second-order valence-corrected chi connectivity index (χ2v) is 2.16. The van der Waals surface area contributed by atoms with Crippen molar-refractivity contribution >= 4 is 5.91 Å². The molecule has 0 aromatic carbocycles. The molecule has 0 fully saturated rings. The van der Waals surface area contributed by atoms with Gasteiger partial charge in [0.05, 0.1) is 0 Å². The first-order valence-electron chi connectivity index (χ1n) is 3.39. The van der Waals surface area contributed by atoms with Crippen molar-refractivity contribution in [3.63, 3.8) is 0 Å². The Morgan fingerprint density at radius 3 is 3.09 bits per heavy atom. The summed E-state index contributed by atoms with van der Waals surface area (Å²) in [5, 5.41) is 0. The summed E-state index contributed by atoms with van der Waals surface area (Å²) in [5.41, 5.74) is 2.68. The normalized spacial score (nSPS) is 15.5. The monoisotopic (exact) mass is 150 g/mol. The molecule has 3 N–H and O–H groups in total. The smallest absolute Gasteiger partial charge is 0.264 e. The van der Waals surface area contributed by atoms with Crippen LogP contribution in [0.3, 0.4) is 0 Å². The highest BCUT2D eigenvalue weighted by molar-refractivity contribution is 5.95. The van der Waals surface area contributed by atoms with Crippen molar-refractivity contribution in [1.29, 1.82) is 0 Å². The van der Waals surface area contributed by atoms with E-state index in [1.165, 1.54) is 0 Å². The number of nitrogens with two attached hydrogens (primary N) is 1. The minimum absolute atomic E-state index is 0.245. The van der Waals surface area contributed by atoms with Crippen LogP contribution in [0.15, 0.2) is 36.0 Å². The van der Waals surface area contributed by atoms with Gasteiger partial charge in [0.1, 0.15) is 0 Å². The Morgan fingerprint density at radius 1 is 1.55 bits per heavy atom. The van der Waals surface area contributed by atoms with Gasteiger partial charge >= 0.3 is 0 Å². The lowest BCUT2D eigenvalue weighted by Crippen LogP contribution is -2.30. The molecule has 0 heterocycles. The first-order valence-corrected chi connectivity index (χ1v) is 3.39. The fourth-order valence-corrected chi connectivity index (χ4v) is 0.831. The van der Waals surface area contributed by atoms with Crippen LogP contribution in [0.5, 0.6) is 0 Å². The Morgan fingerprint density at radius 2 is 2.36 bits per heavy atom. The molecule has 0 unspecified atom stereocenters. The molecule has 0 aromatic heterocycles.